The lowest BCUT2D eigenvalue weighted by Gasteiger charge is -2.32. The number of amides is 2. The van der Waals surface area contributed by atoms with E-state index in [1.54, 1.807) is 43.1 Å². The second-order valence-corrected chi connectivity index (χ2v) is 9.47. The predicted molar refractivity (Wildman–Crippen MR) is 156 cm³/mol. The van der Waals surface area contributed by atoms with Crippen LogP contribution >= 0.6 is 24.8 Å². The summed E-state index contributed by atoms with van der Waals surface area (Å²) < 4.78 is 44.1. The summed E-state index contributed by atoms with van der Waals surface area (Å²) in [6.45, 7) is 6.21. The molecule has 0 radical (unpaired) electrons. The number of anilines is 1. The third-order valence-corrected chi connectivity index (χ3v) is 6.62. The van der Waals surface area contributed by atoms with Crippen molar-refractivity contribution in [3.05, 3.63) is 64.8 Å². The number of halogens is 5. The third-order valence-electron chi connectivity index (χ3n) is 6.62. The van der Waals surface area contributed by atoms with Crippen molar-refractivity contribution in [3.63, 3.8) is 0 Å². The van der Waals surface area contributed by atoms with E-state index in [4.69, 9.17) is 0 Å². The lowest BCUT2D eigenvalue weighted by molar-refractivity contribution is -0.145. The largest absolute Gasteiger partial charge is 0.353 e. The first-order chi connectivity index (χ1) is 19.2. The minimum Gasteiger partial charge on any atom is -0.353 e. The van der Waals surface area contributed by atoms with Crippen molar-refractivity contribution in [2.45, 2.75) is 33.4 Å². The number of hydrazine groups is 1. The average Bonchev–Trinajstić information content (AvgIpc) is 3.58. The zero-order valence-corrected chi connectivity index (χ0v) is 25.0. The molecular weight excluding hydrogens is 598 g/mol. The van der Waals surface area contributed by atoms with Gasteiger partial charge in [0, 0.05) is 44.5 Å². The molecule has 0 saturated heterocycles. The SMILES string of the molecule is CCNCCNC(=O)CN(CC(=O)N(C)N1Cc2ccc(F)cc2C1)c1ccc(-c2noc(C(F)F)n2)cc1C.Cl.Cl. The standard InChI is InChI=1S/C27H32F3N7O3.2ClH/c1-4-31-9-10-32-23(38)15-36(16-24(39)35(3)37-13-19-5-7-21(28)12-20(19)14-37)22-8-6-18(11-17(22)2)26-33-27(25(29)30)40-34-26;;/h5-8,11-12,25,31H,4,9-10,13-16H2,1-3H3,(H,32,38);2*1H. The first-order valence-electron chi connectivity index (χ1n) is 12.9. The molecule has 0 unspecified atom stereocenters. The molecule has 15 heteroatoms. The number of nitrogens with one attached hydrogen (secondary N) is 2. The van der Waals surface area contributed by atoms with Crippen molar-refractivity contribution in [3.8, 4) is 11.4 Å². The number of aromatic nitrogens is 2. The van der Waals surface area contributed by atoms with Gasteiger partial charge < -0.3 is 20.1 Å². The number of hydrogen-bond donors (Lipinski definition) is 2. The molecule has 2 amide bonds. The van der Waals surface area contributed by atoms with Crippen LogP contribution in [0.2, 0.25) is 0 Å². The average molecular weight is 633 g/mol. The van der Waals surface area contributed by atoms with Crippen LogP contribution in [0, 0.1) is 12.7 Å². The Hall–Kier alpha value is -3.39. The van der Waals surface area contributed by atoms with E-state index in [9.17, 15) is 22.8 Å². The number of likely N-dealkylation sites (N-methyl/N-ethyl adjacent to an activating group) is 2. The van der Waals surface area contributed by atoms with Gasteiger partial charge in [-0.15, -0.1) is 24.8 Å². The zero-order chi connectivity index (χ0) is 28.8. The Labute approximate surface area is 254 Å². The normalized spacial score (nSPS) is 12.4. The van der Waals surface area contributed by atoms with E-state index < -0.39 is 12.3 Å². The number of alkyl halides is 2. The lowest BCUT2D eigenvalue weighted by Crippen LogP contribution is -2.48. The molecule has 0 bridgehead atoms. The van der Waals surface area contributed by atoms with E-state index in [2.05, 4.69) is 25.3 Å². The minimum absolute atomic E-state index is 0. The Morgan fingerprint density at radius 2 is 1.81 bits per heavy atom. The number of aryl methyl sites for hydroxylation is 1. The summed E-state index contributed by atoms with van der Waals surface area (Å²) in [5, 5.41) is 12.9. The maximum absolute atomic E-state index is 13.7. The third kappa shape index (κ3) is 8.57. The summed E-state index contributed by atoms with van der Waals surface area (Å²) in [6.07, 6.45) is -2.88. The predicted octanol–water partition coefficient (Wildman–Crippen LogP) is 3.89. The fraction of sp³-hybridized carbons (Fsp3) is 0.407. The highest BCUT2D eigenvalue weighted by Crippen LogP contribution is 2.28. The van der Waals surface area contributed by atoms with Crippen LogP contribution in [0.25, 0.3) is 11.4 Å². The molecule has 1 aliphatic rings. The monoisotopic (exact) mass is 631 g/mol. The number of carbonyl (C=O) groups is 2. The van der Waals surface area contributed by atoms with E-state index in [0.29, 0.717) is 43.0 Å². The molecule has 1 aromatic heterocycles. The molecule has 0 spiro atoms. The summed E-state index contributed by atoms with van der Waals surface area (Å²) in [4.78, 5) is 31.6. The van der Waals surface area contributed by atoms with Gasteiger partial charge in [0.15, 0.2) is 0 Å². The topological polar surface area (TPSA) is 107 Å². The highest BCUT2D eigenvalue weighted by molar-refractivity contribution is 5.87. The molecule has 4 rings (SSSR count). The molecule has 1 aliphatic heterocycles. The van der Waals surface area contributed by atoms with E-state index in [1.165, 1.54) is 17.1 Å². The second-order valence-electron chi connectivity index (χ2n) is 9.47. The Morgan fingerprint density at radius 3 is 2.48 bits per heavy atom. The van der Waals surface area contributed by atoms with E-state index in [0.717, 1.165) is 17.7 Å². The highest BCUT2D eigenvalue weighted by atomic mass is 35.5. The number of benzene rings is 2. The van der Waals surface area contributed by atoms with Crippen LogP contribution in [-0.4, -0.2) is 71.7 Å². The Morgan fingerprint density at radius 1 is 1.07 bits per heavy atom. The maximum atomic E-state index is 13.7. The van der Waals surface area contributed by atoms with Crippen LogP contribution in [0.5, 0.6) is 0 Å². The van der Waals surface area contributed by atoms with Gasteiger partial charge in [0.2, 0.25) is 11.7 Å². The van der Waals surface area contributed by atoms with Gasteiger partial charge in [-0.25, -0.2) is 9.40 Å². The molecule has 230 valence electrons. The van der Waals surface area contributed by atoms with Crippen molar-refractivity contribution in [2.24, 2.45) is 0 Å². The van der Waals surface area contributed by atoms with Gasteiger partial charge in [-0.3, -0.25) is 14.6 Å². The number of hydrogen-bond acceptors (Lipinski definition) is 8. The van der Waals surface area contributed by atoms with Crippen LogP contribution in [0.1, 0.15) is 35.9 Å². The fourth-order valence-electron chi connectivity index (χ4n) is 4.49. The van der Waals surface area contributed by atoms with Crippen molar-refractivity contribution < 1.29 is 27.3 Å². The van der Waals surface area contributed by atoms with Gasteiger partial charge in [0.05, 0.1) is 13.1 Å². The van der Waals surface area contributed by atoms with E-state index in [-0.39, 0.29) is 61.4 Å². The second kappa shape index (κ2) is 15.7. The maximum Gasteiger partial charge on any atom is 0.315 e. The molecule has 3 aromatic rings. The molecule has 0 aliphatic carbocycles. The van der Waals surface area contributed by atoms with Gasteiger partial charge >= 0.3 is 6.43 Å². The molecule has 2 aromatic carbocycles. The first-order valence-corrected chi connectivity index (χ1v) is 12.9. The summed E-state index contributed by atoms with van der Waals surface area (Å²) in [5.74, 6) is -1.62. The fourth-order valence-corrected chi connectivity index (χ4v) is 4.49. The quantitative estimate of drug-likeness (QED) is 0.290. The molecule has 2 heterocycles. The van der Waals surface area contributed by atoms with Crippen LogP contribution in [-0.2, 0) is 22.7 Å². The van der Waals surface area contributed by atoms with Gasteiger partial charge in [0.25, 0.3) is 11.8 Å². The first kappa shape index (κ1) is 34.8. The minimum atomic E-state index is -2.88. The summed E-state index contributed by atoms with van der Waals surface area (Å²) in [7, 11) is 1.64. The van der Waals surface area contributed by atoms with Crippen molar-refractivity contribution in [2.75, 3.05) is 44.7 Å². The summed E-state index contributed by atoms with van der Waals surface area (Å²) in [5.41, 5.74) is 3.51. The highest BCUT2D eigenvalue weighted by Gasteiger charge is 2.27. The van der Waals surface area contributed by atoms with Gasteiger partial charge in [-0.2, -0.15) is 13.8 Å². The van der Waals surface area contributed by atoms with Gasteiger partial charge in [-0.05, 0) is 60.5 Å². The molecule has 0 saturated carbocycles. The van der Waals surface area contributed by atoms with Crippen molar-refractivity contribution in [1.82, 2.24) is 30.8 Å². The number of fused-ring (bicyclic) bond motifs is 1. The Balaban J connectivity index is 0.00000308. The Kier molecular flexibility index (Phi) is 13.0. The molecule has 2 N–H and O–H groups in total. The van der Waals surface area contributed by atoms with Gasteiger partial charge in [0.1, 0.15) is 5.82 Å². The van der Waals surface area contributed by atoms with Crippen LogP contribution in [0.4, 0.5) is 18.9 Å². The van der Waals surface area contributed by atoms with E-state index in [1.807, 2.05) is 11.9 Å². The molecule has 0 fully saturated rings. The van der Waals surface area contributed by atoms with Crippen molar-refractivity contribution in [1.29, 1.82) is 0 Å². The van der Waals surface area contributed by atoms with E-state index >= 15 is 0 Å². The zero-order valence-electron chi connectivity index (χ0n) is 23.4. The molecule has 10 nitrogen and oxygen atoms in total. The summed E-state index contributed by atoms with van der Waals surface area (Å²) in [6, 6.07) is 9.58. The molecule has 42 heavy (non-hydrogen) atoms. The smallest absolute Gasteiger partial charge is 0.315 e. The number of carbonyl (C=O) groups excluding carboxylic acids is 2. The van der Waals surface area contributed by atoms with Crippen LogP contribution in [0.3, 0.4) is 0 Å². The van der Waals surface area contributed by atoms with Crippen LogP contribution < -0.4 is 15.5 Å². The molecule has 0 atom stereocenters. The summed E-state index contributed by atoms with van der Waals surface area (Å²) >= 11 is 0. The Bertz CT molecular complexity index is 1360. The van der Waals surface area contributed by atoms with Crippen LogP contribution in [0.15, 0.2) is 40.9 Å². The number of nitrogens with zero attached hydrogens (tertiary/aromatic N) is 5. The van der Waals surface area contributed by atoms with Crippen molar-refractivity contribution >= 4 is 42.3 Å². The van der Waals surface area contributed by atoms with Gasteiger partial charge in [-0.1, -0.05) is 18.1 Å². The molecular formula is C27H34Cl2F3N7O3. The lowest BCUT2D eigenvalue weighted by atomic mass is 10.1. The number of rotatable bonds is 12.